The highest BCUT2D eigenvalue weighted by Gasteiger charge is 2.12. The number of aromatic nitrogens is 1. The van der Waals surface area contributed by atoms with Gasteiger partial charge in [-0.25, -0.2) is 9.78 Å². The summed E-state index contributed by atoms with van der Waals surface area (Å²) in [5.74, 6) is -1.36. The first-order valence-corrected chi connectivity index (χ1v) is 9.16. The molecule has 0 radical (unpaired) electrons. The van der Waals surface area contributed by atoms with Crippen LogP contribution in [0.15, 0.2) is 48.5 Å². The normalized spacial score (nSPS) is 10.8. The van der Waals surface area contributed by atoms with Crippen LogP contribution in [0, 0.1) is 0 Å². The predicted octanol–water partition coefficient (Wildman–Crippen LogP) is 3.81. The Morgan fingerprint density at radius 3 is 2.68 bits per heavy atom. The van der Waals surface area contributed by atoms with E-state index in [0.717, 1.165) is 35.8 Å². The van der Waals surface area contributed by atoms with Crippen LogP contribution in [0.4, 0.5) is 0 Å². The van der Waals surface area contributed by atoms with Crippen molar-refractivity contribution in [2.45, 2.75) is 26.2 Å². The second-order valence-electron chi connectivity index (χ2n) is 6.59. The molecule has 0 atom stereocenters. The van der Waals surface area contributed by atoms with E-state index >= 15 is 0 Å². The Bertz CT molecular complexity index is 1030. The van der Waals surface area contributed by atoms with Crippen molar-refractivity contribution in [1.82, 2.24) is 4.98 Å². The van der Waals surface area contributed by atoms with E-state index in [1.54, 1.807) is 24.3 Å². The maximum atomic E-state index is 11.6. The molecule has 0 bridgehead atoms. The second kappa shape index (κ2) is 8.52. The minimum absolute atomic E-state index is 0.218. The second-order valence-corrected chi connectivity index (χ2v) is 6.59. The van der Waals surface area contributed by atoms with Gasteiger partial charge in [0.25, 0.3) is 0 Å². The molecular weight excluding hydrogens is 356 g/mol. The van der Waals surface area contributed by atoms with Crippen molar-refractivity contribution in [1.29, 1.82) is 0 Å². The summed E-state index contributed by atoms with van der Waals surface area (Å²) < 4.78 is 5.31. The Kier molecular flexibility index (Phi) is 5.89. The van der Waals surface area contributed by atoms with Crippen LogP contribution in [0.1, 0.15) is 35.7 Å². The van der Waals surface area contributed by atoms with Crippen LogP contribution < -0.4 is 10.5 Å². The average Bonchev–Trinajstić information content (AvgIpc) is 2.70. The number of carboxylic acid groups (broad SMARTS) is 1. The van der Waals surface area contributed by atoms with Gasteiger partial charge in [-0.05, 0) is 53.8 Å². The van der Waals surface area contributed by atoms with Crippen molar-refractivity contribution in [3.8, 4) is 17.0 Å². The van der Waals surface area contributed by atoms with E-state index in [9.17, 15) is 9.59 Å². The molecule has 6 nitrogen and oxygen atoms in total. The summed E-state index contributed by atoms with van der Waals surface area (Å²) in [5.41, 5.74) is 9.32. The molecule has 1 aromatic heterocycles. The molecule has 0 spiro atoms. The van der Waals surface area contributed by atoms with Crippen molar-refractivity contribution < 1.29 is 19.4 Å². The Morgan fingerprint density at radius 2 is 1.96 bits per heavy atom. The van der Waals surface area contributed by atoms with Crippen LogP contribution in [0.2, 0.25) is 0 Å². The molecule has 0 unspecified atom stereocenters. The maximum Gasteiger partial charge on any atom is 0.341 e. The predicted molar refractivity (Wildman–Crippen MR) is 107 cm³/mol. The van der Waals surface area contributed by atoms with Crippen LogP contribution in [-0.4, -0.2) is 28.6 Å². The molecule has 0 fully saturated rings. The molecule has 2 aromatic carbocycles. The lowest BCUT2D eigenvalue weighted by Crippen LogP contribution is -2.11. The molecule has 3 rings (SSSR count). The molecular formula is C22H22N2O4. The number of aryl methyl sites for hydroxylation is 1. The number of hydrogen-bond acceptors (Lipinski definition) is 4. The zero-order valence-electron chi connectivity index (χ0n) is 15.6. The van der Waals surface area contributed by atoms with Crippen LogP contribution in [0.25, 0.3) is 22.0 Å². The molecule has 0 saturated heterocycles. The van der Waals surface area contributed by atoms with E-state index in [2.05, 4.69) is 18.0 Å². The Morgan fingerprint density at radius 1 is 1.14 bits per heavy atom. The van der Waals surface area contributed by atoms with Gasteiger partial charge in [0.2, 0.25) is 11.8 Å². The SMILES string of the molecule is CCCCc1ccc2nc(OCC(=O)O)cc(-c3cccc(C(N)=O)c3)c2c1. The number of ether oxygens (including phenoxy) is 1. The number of benzene rings is 2. The lowest BCUT2D eigenvalue weighted by molar-refractivity contribution is -0.139. The summed E-state index contributed by atoms with van der Waals surface area (Å²) >= 11 is 0. The van der Waals surface area contributed by atoms with Gasteiger partial charge in [-0.3, -0.25) is 4.79 Å². The molecule has 28 heavy (non-hydrogen) atoms. The topological polar surface area (TPSA) is 103 Å². The number of hydrogen-bond donors (Lipinski definition) is 2. The molecule has 1 amide bonds. The molecule has 3 N–H and O–H groups in total. The number of primary amides is 1. The summed E-state index contributed by atoms with van der Waals surface area (Å²) in [5, 5.41) is 9.80. The van der Waals surface area contributed by atoms with E-state index in [0.29, 0.717) is 11.1 Å². The molecule has 6 heteroatoms. The molecule has 0 saturated carbocycles. The maximum absolute atomic E-state index is 11.6. The number of unbranched alkanes of at least 4 members (excludes halogenated alkanes) is 1. The number of nitrogens with zero attached hydrogens (tertiary/aromatic N) is 1. The van der Waals surface area contributed by atoms with Gasteiger partial charge < -0.3 is 15.6 Å². The van der Waals surface area contributed by atoms with Gasteiger partial charge >= 0.3 is 5.97 Å². The minimum Gasteiger partial charge on any atom is -0.479 e. The summed E-state index contributed by atoms with van der Waals surface area (Å²) in [6, 6.07) is 14.7. The van der Waals surface area contributed by atoms with E-state index in [-0.39, 0.29) is 5.88 Å². The molecule has 1 heterocycles. The summed E-state index contributed by atoms with van der Waals surface area (Å²) in [7, 11) is 0. The third-order valence-electron chi connectivity index (χ3n) is 4.47. The molecule has 0 aliphatic heterocycles. The number of nitrogens with two attached hydrogens (primary N) is 1. The Hall–Kier alpha value is -3.41. The monoisotopic (exact) mass is 378 g/mol. The van der Waals surface area contributed by atoms with E-state index in [1.807, 2.05) is 18.2 Å². The van der Waals surface area contributed by atoms with Gasteiger partial charge in [0.1, 0.15) is 0 Å². The van der Waals surface area contributed by atoms with Crippen LogP contribution in [0.3, 0.4) is 0 Å². The number of pyridine rings is 1. The number of rotatable bonds is 8. The summed E-state index contributed by atoms with van der Waals surface area (Å²) in [6.07, 6.45) is 3.15. The molecule has 144 valence electrons. The fraction of sp³-hybridized carbons (Fsp3) is 0.227. The van der Waals surface area contributed by atoms with Gasteiger partial charge in [-0.2, -0.15) is 0 Å². The van der Waals surface area contributed by atoms with Crippen LogP contribution >= 0.6 is 0 Å². The molecule has 0 aliphatic carbocycles. The average molecular weight is 378 g/mol. The lowest BCUT2D eigenvalue weighted by Gasteiger charge is -2.12. The van der Waals surface area contributed by atoms with Crippen LogP contribution in [0.5, 0.6) is 5.88 Å². The number of carboxylic acids is 1. The third-order valence-corrected chi connectivity index (χ3v) is 4.47. The number of carbonyl (C=O) groups excluding carboxylic acids is 1. The Balaban J connectivity index is 2.15. The minimum atomic E-state index is -1.07. The number of fused-ring (bicyclic) bond motifs is 1. The van der Waals surface area contributed by atoms with Crippen molar-refractivity contribution in [3.05, 3.63) is 59.7 Å². The first-order chi connectivity index (χ1) is 13.5. The van der Waals surface area contributed by atoms with E-state index < -0.39 is 18.5 Å². The highest BCUT2D eigenvalue weighted by Crippen LogP contribution is 2.32. The highest BCUT2D eigenvalue weighted by atomic mass is 16.5. The van der Waals surface area contributed by atoms with Gasteiger partial charge in [0, 0.05) is 17.0 Å². The summed E-state index contributed by atoms with van der Waals surface area (Å²) in [4.78, 5) is 26.9. The van der Waals surface area contributed by atoms with Crippen molar-refractivity contribution >= 4 is 22.8 Å². The number of amides is 1. The fourth-order valence-electron chi connectivity index (χ4n) is 3.07. The number of carbonyl (C=O) groups is 2. The van der Waals surface area contributed by atoms with Crippen molar-refractivity contribution in [2.24, 2.45) is 5.73 Å². The Labute approximate surface area is 163 Å². The van der Waals surface area contributed by atoms with Crippen molar-refractivity contribution in [2.75, 3.05) is 6.61 Å². The summed E-state index contributed by atoms with van der Waals surface area (Å²) in [6.45, 7) is 1.67. The zero-order chi connectivity index (χ0) is 20.1. The van der Waals surface area contributed by atoms with E-state index in [1.165, 1.54) is 5.56 Å². The van der Waals surface area contributed by atoms with Gasteiger partial charge in [-0.15, -0.1) is 0 Å². The zero-order valence-corrected chi connectivity index (χ0v) is 15.6. The van der Waals surface area contributed by atoms with Crippen molar-refractivity contribution in [3.63, 3.8) is 0 Å². The smallest absolute Gasteiger partial charge is 0.341 e. The number of aliphatic carboxylic acids is 1. The largest absolute Gasteiger partial charge is 0.479 e. The highest BCUT2D eigenvalue weighted by molar-refractivity contribution is 5.98. The molecule has 0 aliphatic rings. The lowest BCUT2D eigenvalue weighted by atomic mass is 9.97. The standard InChI is InChI=1S/C22H22N2O4/c1-2-3-5-14-8-9-19-18(10-14)17(12-20(24-19)28-13-21(25)26)15-6-4-7-16(11-15)22(23)27/h4,6-12H,2-3,5,13H2,1H3,(H2,23,27)(H,25,26). The van der Waals surface area contributed by atoms with E-state index in [4.69, 9.17) is 15.6 Å². The van der Waals surface area contributed by atoms with Gasteiger partial charge in [0.05, 0.1) is 5.52 Å². The quantitative estimate of drug-likeness (QED) is 0.620. The van der Waals surface area contributed by atoms with Gasteiger partial charge in [-0.1, -0.05) is 31.5 Å². The fourth-order valence-corrected chi connectivity index (χ4v) is 3.07. The van der Waals surface area contributed by atoms with Gasteiger partial charge in [0.15, 0.2) is 6.61 Å². The first-order valence-electron chi connectivity index (χ1n) is 9.16. The first kappa shape index (κ1) is 19.4. The third kappa shape index (κ3) is 4.46. The van der Waals surface area contributed by atoms with Crippen LogP contribution in [-0.2, 0) is 11.2 Å². The molecule has 3 aromatic rings.